The van der Waals surface area contributed by atoms with Gasteiger partial charge in [0.25, 0.3) is 0 Å². The van der Waals surface area contributed by atoms with E-state index in [0.29, 0.717) is 17.6 Å². The number of benzene rings is 1. The molecule has 4 bridgehead atoms. The number of aromatic hydroxyl groups is 1. The molecule has 5 unspecified atom stereocenters. The second kappa shape index (κ2) is 6.06. The Balaban J connectivity index is 1.29. The normalized spacial score (nSPS) is 50.8. The Hall–Kier alpha value is -1.02. The topological polar surface area (TPSA) is 40.5 Å². The highest BCUT2D eigenvalue weighted by Gasteiger charge is 2.56. The summed E-state index contributed by atoms with van der Waals surface area (Å²) in [6.07, 6.45) is 15.3. The molecule has 5 atom stereocenters. The molecule has 7 aliphatic carbocycles. The minimum Gasteiger partial charge on any atom is -0.508 e. The summed E-state index contributed by atoms with van der Waals surface area (Å²) in [7, 11) is 0. The Bertz CT molecular complexity index is 852. The lowest BCUT2D eigenvalue weighted by Gasteiger charge is -2.57. The highest BCUT2D eigenvalue weighted by atomic mass is 16.3. The van der Waals surface area contributed by atoms with E-state index in [2.05, 4.69) is 19.1 Å². The number of aryl methyl sites for hydroxylation is 1. The highest BCUT2D eigenvalue weighted by Crippen LogP contribution is 2.64. The van der Waals surface area contributed by atoms with Crippen LogP contribution in [0.3, 0.4) is 0 Å². The van der Waals surface area contributed by atoms with Gasteiger partial charge in [0, 0.05) is 5.56 Å². The molecule has 162 valence electrons. The van der Waals surface area contributed by atoms with Crippen molar-refractivity contribution in [2.24, 2.45) is 35.0 Å². The zero-order valence-corrected chi connectivity index (χ0v) is 18.6. The molecular formula is C28H38O2. The number of hydrogen-bond donors (Lipinski definition) is 2. The molecule has 2 N–H and O–H groups in total. The molecule has 6 fully saturated rings. The van der Waals surface area contributed by atoms with Crippen LogP contribution in [0.15, 0.2) is 12.1 Å². The summed E-state index contributed by atoms with van der Waals surface area (Å²) in [5, 5.41) is 21.9. The molecule has 1 aromatic carbocycles. The Labute approximate surface area is 181 Å². The Morgan fingerprint density at radius 2 is 1.60 bits per heavy atom. The first-order valence-electron chi connectivity index (χ1n) is 13.0. The lowest BCUT2D eigenvalue weighted by atomic mass is 9.47. The van der Waals surface area contributed by atoms with Crippen molar-refractivity contribution in [1.29, 1.82) is 0 Å². The van der Waals surface area contributed by atoms with Crippen molar-refractivity contribution in [1.82, 2.24) is 0 Å². The average molecular weight is 407 g/mol. The van der Waals surface area contributed by atoms with Crippen LogP contribution in [0.1, 0.15) is 100 Å². The fourth-order valence-corrected chi connectivity index (χ4v) is 10.4. The van der Waals surface area contributed by atoms with Crippen LogP contribution in [0.5, 0.6) is 5.75 Å². The second-order valence-electron chi connectivity index (χ2n) is 12.8. The molecule has 1 aromatic rings. The molecule has 0 aromatic heterocycles. The van der Waals surface area contributed by atoms with E-state index >= 15 is 0 Å². The molecule has 0 spiro atoms. The largest absolute Gasteiger partial charge is 0.508 e. The summed E-state index contributed by atoms with van der Waals surface area (Å²) >= 11 is 0. The Kier molecular flexibility index (Phi) is 3.74. The molecule has 0 amide bonds. The molecule has 2 heteroatoms. The van der Waals surface area contributed by atoms with E-state index in [1.807, 2.05) is 0 Å². The van der Waals surface area contributed by atoms with Gasteiger partial charge in [-0.05, 0) is 141 Å². The Morgan fingerprint density at radius 3 is 2.30 bits per heavy atom. The summed E-state index contributed by atoms with van der Waals surface area (Å²) < 4.78 is 0. The summed E-state index contributed by atoms with van der Waals surface area (Å²) in [5.74, 6) is 5.44. The standard InChI is InChI=1S/C28H38O2/c1-27-7-6-20-21(23(27)4-5-26(27)30)3-2-19-11-25(29)24(12-22(19)20)28-13-16-8-17(14-28)10-18(9-16)15-28/h11-12,16-18,20-21,23,26,29-30H,2-10,13-15H2,1H3. The van der Waals surface area contributed by atoms with Gasteiger partial charge in [0.05, 0.1) is 6.10 Å². The second-order valence-corrected chi connectivity index (χ2v) is 12.8. The predicted octanol–water partition coefficient (Wildman–Crippen LogP) is 6.08. The van der Waals surface area contributed by atoms with Gasteiger partial charge < -0.3 is 10.2 Å². The van der Waals surface area contributed by atoms with Gasteiger partial charge in [-0.1, -0.05) is 13.0 Å². The molecule has 0 heterocycles. The van der Waals surface area contributed by atoms with Crippen LogP contribution in [0, 0.1) is 35.0 Å². The fourth-order valence-electron chi connectivity index (χ4n) is 10.4. The van der Waals surface area contributed by atoms with Crippen LogP contribution in [0.25, 0.3) is 0 Å². The van der Waals surface area contributed by atoms with Crippen molar-refractivity contribution < 1.29 is 10.2 Å². The molecule has 0 saturated heterocycles. The highest BCUT2D eigenvalue weighted by molar-refractivity contribution is 5.50. The van der Waals surface area contributed by atoms with Gasteiger partial charge in [-0.15, -0.1) is 0 Å². The van der Waals surface area contributed by atoms with E-state index in [1.165, 1.54) is 75.3 Å². The molecule has 6 saturated carbocycles. The predicted molar refractivity (Wildman–Crippen MR) is 119 cm³/mol. The van der Waals surface area contributed by atoms with Crippen LogP contribution in [-0.2, 0) is 11.8 Å². The van der Waals surface area contributed by atoms with Gasteiger partial charge in [-0.2, -0.15) is 0 Å². The maximum Gasteiger partial charge on any atom is 0.119 e. The van der Waals surface area contributed by atoms with Crippen molar-refractivity contribution in [3.05, 3.63) is 28.8 Å². The van der Waals surface area contributed by atoms with Crippen LogP contribution < -0.4 is 0 Å². The third-order valence-electron chi connectivity index (χ3n) is 11.4. The molecule has 0 aliphatic heterocycles. The van der Waals surface area contributed by atoms with Crippen LogP contribution in [0.2, 0.25) is 0 Å². The number of aliphatic hydroxyl groups excluding tert-OH is 1. The van der Waals surface area contributed by atoms with Crippen molar-refractivity contribution >= 4 is 0 Å². The molecule has 2 nitrogen and oxygen atoms in total. The van der Waals surface area contributed by atoms with Gasteiger partial charge in [-0.25, -0.2) is 0 Å². The lowest BCUT2D eigenvalue weighted by Crippen LogP contribution is -2.48. The van der Waals surface area contributed by atoms with Gasteiger partial charge in [0.2, 0.25) is 0 Å². The molecule has 30 heavy (non-hydrogen) atoms. The van der Waals surface area contributed by atoms with Crippen LogP contribution >= 0.6 is 0 Å². The van der Waals surface area contributed by atoms with Crippen molar-refractivity contribution in [3.63, 3.8) is 0 Å². The first-order chi connectivity index (χ1) is 14.5. The van der Waals surface area contributed by atoms with E-state index in [1.54, 1.807) is 5.56 Å². The zero-order chi connectivity index (χ0) is 20.3. The lowest BCUT2D eigenvalue weighted by molar-refractivity contribution is -0.0228. The van der Waals surface area contributed by atoms with Crippen molar-refractivity contribution in [2.45, 2.75) is 101 Å². The van der Waals surface area contributed by atoms with E-state index < -0.39 is 0 Å². The summed E-state index contributed by atoms with van der Waals surface area (Å²) in [6.45, 7) is 2.37. The SMILES string of the molecule is CC12CCC3c4cc(C56CC7CC(CC(C7)C5)C6)c(O)cc4CCC3C1CCC2O. The first-order valence-corrected chi connectivity index (χ1v) is 13.0. The van der Waals surface area contributed by atoms with E-state index in [4.69, 9.17) is 0 Å². The minimum atomic E-state index is -0.0905. The van der Waals surface area contributed by atoms with Gasteiger partial charge in [0.15, 0.2) is 0 Å². The van der Waals surface area contributed by atoms with Crippen molar-refractivity contribution in [3.8, 4) is 5.75 Å². The number of fused-ring (bicyclic) bond motifs is 5. The molecular weight excluding hydrogens is 368 g/mol. The smallest absolute Gasteiger partial charge is 0.119 e. The average Bonchev–Trinajstić information content (AvgIpc) is 3.01. The van der Waals surface area contributed by atoms with Gasteiger partial charge in [-0.3, -0.25) is 0 Å². The monoisotopic (exact) mass is 406 g/mol. The van der Waals surface area contributed by atoms with Crippen LogP contribution in [0.4, 0.5) is 0 Å². The van der Waals surface area contributed by atoms with Gasteiger partial charge in [0.1, 0.15) is 5.75 Å². The third kappa shape index (κ3) is 2.35. The number of rotatable bonds is 1. The van der Waals surface area contributed by atoms with E-state index in [-0.39, 0.29) is 16.9 Å². The van der Waals surface area contributed by atoms with E-state index in [0.717, 1.165) is 36.5 Å². The fraction of sp³-hybridized carbons (Fsp3) is 0.786. The molecule has 8 rings (SSSR count). The summed E-state index contributed by atoms with van der Waals surface area (Å²) in [6, 6.07) is 4.72. The van der Waals surface area contributed by atoms with Crippen molar-refractivity contribution in [2.75, 3.05) is 0 Å². The van der Waals surface area contributed by atoms with Crippen LogP contribution in [-0.4, -0.2) is 16.3 Å². The summed E-state index contributed by atoms with van der Waals surface area (Å²) in [5.41, 5.74) is 4.79. The zero-order valence-electron chi connectivity index (χ0n) is 18.6. The van der Waals surface area contributed by atoms with E-state index in [9.17, 15) is 10.2 Å². The quantitative estimate of drug-likeness (QED) is 0.593. The molecule has 0 radical (unpaired) electrons. The molecule has 7 aliphatic rings. The minimum absolute atomic E-state index is 0.0905. The Morgan fingerprint density at radius 1 is 0.900 bits per heavy atom. The first kappa shape index (κ1) is 18.5. The maximum atomic E-state index is 11.2. The third-order valence-corrected chi connectivity index (χ3v) is 11.4. The number of hydrogen-bond acceptors (Lipinski definition) is 2. The van der Waals surface area contributed by atoms with Gasteiger partial charge >= 0.3 is 0 Å². The maximum absolute atomic E-state index is 11.2. The number of aliphatic hydroxyl groups is 1. The number of phenols is 1. The summed E-state index contributed by atoms with van der Waals surface area (Å²) in [4.78, 5) is 0. The number of phenolic OH excluding ortho intramolecular Hbond substituents is 1.